The van der Waals surface area contributed by atoms with Crippen LogP contribution in [0.15, 0.2) is 24.3 Å². The van der Waals surface area contributed by atoms with Crippen LogP contribution in [0.25, 0.3) is 0 Å². The van der Waals surface area contributed by atoms with Crippen molar-refractivity contribution in [2.24, 2.45) is 0 Å². The molecular weight excluding hydrogens is 238 g/mol. The Bertz CT molecular complexity index is 395. The Morgan fingerprint density at radius 3 is 2.88 bits per heavy atom. The second kappa shape index (κ2) is 5.92. The number of carbonyl (C=O) groups excluding carboxylic acids is 1. The first-order valence-electron chi connectivity index (χ1n) is 5.91. The molecule has 0 N–H and O–H groups in total. The molecule has 1 aromatic rings. The number of anilines is 1. The van der Waals surface area contributed by atoms with Crippen LogP contribution in [-0.2, 0) is 4.79 Å². The Hall–Kier alpha value is -1.22. The van der Waals surface area contributed by atoms with Crippen LogP contribution in [0, 0.1) is 0 Å². The average Bonchev–Trinajstić information content (AvgIpc) is 2.37. The standard InChI is InChI=1S/C13H16ClNO2/c14-8-4-1-5-9-15-11-6-2-3-7-12(11)17-10-13(15)16/h2-3,6-7H,1,4-5,8-10H2. The number of carbonyl (C=O) groups is 1. The summed E-state index contributed by atoms with van der Waals surface area (Å²) in [6, 6.07) is 7.66. The number of unbranched alkanes of at least 4 members (excludes halogenated alkanes) is 2. The molecule has 0 saturated carbocycles. The molecule has 0 atom stereocenters. The first kappa shape index (κ1) is 12.2. The normalized spacial score (nSPS) is 14.4. The number of alkyl halides is 1. The van der Waals surface area contributed by atoms with Crippen LogP contribution >= 0.6 is 11.6 Å². The molecule has 0 unspecified atom stereocenters. The summed E-state index contributed by atoms with van der Waals surface area (Å²) >= 11 is 5.63. The average molecular weight is 254 g/mol. The summed E-state index contributed by atoms with van der Waals surface area (Å²) in [5, 5.41) is 0. The van der Waals surface area contributed by atoms with Crippen molar-refractivity contribution in [2.45, 2.75) is 19.3 Å². The maximum Gasteiger partial charge on any atom is 0.265 e. The van der Waals surface area contributed by atoms with Crippen LogP contribution in [0.3, 0.4) is 0 Å². The van der Waals surface area contributed by atoms with Crippen LogP contribution in [0.5, 0.6) is 5.75 Å². The molecule has 1 aliphatic rings. The molecule has 0 spiro atoms. The Morgan fingerprint density at radius 2 is 2.06 bits per heavy atom. The maximum absolute atomic E-state index is 11.8. The van der Waals surface area contributed by atoms with Gasteiger partial charge in [-0.1, -0.05) is 18.6 Å². The largest absolute Gasteiger partial charge is 0.482 e. The van der Waals surface area contributed by atoms with Crippen LogP contribution in [0.4, 0.5) is 5.69 Å². The molecule has 0 fully saturated rings. The van der Waals surface area contributed by atoms with Crippen molar-refractivity contribution < 1.29 is 9.53 Å². The quantitative estimate of drug-likeness (QED) is 0.597. The molecule has 0 aliphatic carbocycles. The van der Waals surface area contributed by atoms with Crippen LogP contribution in [-0.4, -0.2) is 24.9 Å². The van der Waals surface area contributed by atoms with E-state index in [0.29, 0.717) is 5.88 Å². The van der Waals surface area contributed by atoms with Gasteiger partial charge in [-0.25, -0.2) is 0 Å². The summed E-state index contributed by atoms with van der Waals surface area (Å²) in [4.78, 5) is 13.6. The van der Waals surface area contributed by atoms with Crippen LogP contribution in [0.2, 0.25) is 0 Å². The van der Waals surface area contributed by atoms with E-state index in [0.717, 1.165) is 37.2 Å². The second-order valence-electron chi connectivity index (χ2n) is 4.05. The van der Waals surface area contributed by atoms with E-state index in [1.165, 1.54) is 0 Å². The third kappa shape index (κ3) is 2.91. The molecule has 1 amide bonds. The summed E-state index contributed by atoms with van der Waals surface area (Å²) in [6.45, 7) is 0.891. The third-order valence-electron chi connectivity index (χ3n) is 2.82. The number of fused-ring (bicyclic) bond motifs is 1. The van der Waals surface area contributed by atoms with Gasteiger partial charge in [-0.3, -0.25) is 4.79 Å². The van der Waals surface area contributed by atoms with E-state index in [-0.39, 0.29) is 12.5 Å². The first-order chi connectivity index (χ1) is 8.33. The molecule has 1 heterocycles. The van der Waals surface area contributed by atoms with Gasteiger partial charge < -0.3 is 9.64 Å². The number of benzene rings is 1. The Morgan fingerprint density at radius 1 is 1.24 bits per heavy atom. The second-order valence-corrected chi connectivity index (χ2v) is 4.43. The lowest BCUT2D eigenvalue weighted by Gasteiger charge is -2.29. The van der Waals surface area contributed by atoms with E-state index < -0.39 is 0 Å². The minimum Gasteiger partial charge on any atom is -0.482 e. The van der Waals surface area contributed by atoms with Gasteiger partial charge in [0.25, 0.3) is 5.91 Å². The molecular formula is C13H16ClNO2. The number of nitrogens with zero attached hydrogens (tertiary/aromatic N) is 1. The topological polar surface area (TPSA) is 29.5 Å². The molecule has 1 aromatic carbocycles. The number of para-hydroxylation sites is 2. The van der Waals surface area contributed by atoms with Gasteiger partial charge in [0.05, 0.1) is 5.69 Å². The summed E-state index contributed by atoms with van der Waals surface area (Å²) in [6.07, 6.45) is 3.03. The maximum atomic E-state index is 11.8. The van der Waals surface area contributed by atoms with Crippen molar-refractivity contribution in [2.75, 3.05) is 23.9 Å². The molecule has 17 heavy (non-hydrogen) atoms. The molecule has 3 nitrogen and oxygen atoms in total. The minimum absolute atomic E-state index is 0.0366. The zero-order valence-electron chi connectivity index (χ0n) is 9.69. The van der Waals surface area contributed by atoms with Crippen molar-refractivity contribution in [1.29, 1.82) is 0 Å². The highest BCUT2D eigenvalue weighted by Crippen LogP contribution is 2.31. The highest BCUT2D eigenvalue weighted by Gasteiger charge is 2.24. The molecule has 0 bridgehead atoms. The van der Waals surface area contributed by atoms with E-state index in [9.17, 15) is 4.79 Å². The Labute approximate surface area is 106 Å². The summed E-state index contributed by atoms with van der Waals surface area (Å²) < 4.78 is 5.38. The zero-order chi connectivity index (χ0) is 12.1. The lowest BCUT2D eigenvalue weighted by molar-refractivity contribution is -0.121. The highest BCUT2D eigenvalue weighted by molar-refractivity contribution is 6.17. The fourth-order valence-electron chi connectivity index (χ4n) is 1.94. The van der Waals surface area contributed by atoms with Gasteiger partial charge in [0.1, 0.15) is 5.75 Å². The number of rotatable bonds is 5. The molecule has 92 valence electrons. The number of halogens is 1. The lowest BCUT2D eigenvalue weighted by Crippen LogP contribution is -2.39. The predicted molar refractivity (Wildman–Crippen MR) is 68.9 cm³/mol. The first-order valence-corrected chi connectivity index (χ1v) is 6.44. The third-order valence-corrected chi connectivity index (χ3v) is 3.09. The number of amides is 1. The van der Waals surface area contributed by atoms with Gasteiger partial charge in [-0.05, 0) is 25.0 Å². The van der Waals surface area contributed by atoms with E-state index in [1.54, 1.807) is 0 Å². The Kier molecular flexibility index (Phi) is 4.26. The fourth-order valence-corrected chi connectivity index (χ4v) is 2.13. The monoisotopic (exact) mass is 253 g/mol. The molecule has 0 saturated heterocycles. The number of hydrogen-bond acceptors (Lipinski definition) is 2. The van der Waals surface area contributed by atoms with Crippen LogP contribution in [0.1, 0.15) is 19.3 Å². The molecule has 1 aliphatic heterocycles. The van der Waals surface area contributed by atoms with Gasteiger partial charge in [0, 0.05) is 12.4 Å². The summed E-state index contributed by atoms with van der Waals surface area (Å²) in [5.74, 6) is 1.52. The van der Waals surface area contributed by atoms with Gasteiger partial charge in [0.15, 0.2) is 6.61 Å². The van der Waals surface area contributed by atoms with Crippen molar-refractivity contribution in [3.63, 3.8) is 0 Å². The fraction of sp³-hybridized carbons (Fsp3) is 0.462. The number of ether oxygens (including phenoxy) is 1. The van der Waals surface area contributed by atoms with E-state index >= 15 is 0 Å². The van der Waals surface area contributed by atoms with Gasteiger partial charge >= 0.3 is 0 Å². The van der Waals surface area contributed by atoms with Crippen molar-refractivity contribution in [3.05, 3.63) is 24.3 Å². The summed E-state index contributed by atoms with van der Waals surface area (Å²) in [5.41, 5.74) is 0.884. The molecule has 0 radical (unpaired) electrons. The van der Waals surface area contributed by atoms with E-state index in [4.69, 9.17) is 16.3 Å². The van der Waals surface area contributed by atoms with Crippen molar-refractivity contribution in [1.82, 2.24) is 0 Å². The predicted octanol–water partition coefficient (Wildman–Crippen LogP) is 2.82. The van der Waals surface area contributed by atoms with Gasteiger partial charge in [-0.2, -0.15) is 0 Å². The van der Waals surface area contributed by atoms with Crippen molar-refractivity contribution in [3.8, 4) is 5.75 Å². The highest BCUT2D eigenvalue weighted by atomic mass is 35.5. The smallest absolute Gasteiger partial charge is 0.265 e. The minimum atomic E-state index is 0.0366. The van der Waals surface area contributed by atoms with Gasteiger partial charge in [0.2, 0.25) is 0 Å². The van der Waals surface area contributed by atoms with E-state index in [1.807, 2.05) is 29.2 Å². The SMILES string of the molecule is O=C1COc2ccccc2N1CCCCCCl. The van der Waals surface area contributed by atoms with E-state index in [2.05, 4.69) is 0 Å². The zero-order valence-corrected chi connectivity index (χ0v) is 10.4. The van der Waals surface area contributed by atoms with Crippen LogP contribution < -0.4 is 9.64 Å². The summed E-state index contributed by atoms with van der Waals surface area (Å²) in [7, 11) is 0. The number of hydrogen-bond donors (Lipinski definition) is 0. The lowest BCUT2D eigenvalue weighted by atomic mass is 10.2. The Balaban J connectivity index is 2.02. The molecule has 0 aromatic heterocycles. The van der Waals surface area contributed by atoms with Gasteiger partial charge in [-0.15, -0.1) is 11.6 Å². The molecule has 2 rings (SSSR count). The molecule has 4 heteroatoms. The van der Waals surface area contributed by atoms with Crippen molar-refractivity contribution >= 4 is 23.2 Å².